The Bertz CT molecular complexity index is 429. The number of oxazole rings is 1. The second kappa shape index (κ2) is 5.64. The van der Waals surface area contributed by atoms with Crippen molar-refractivity contribution in [3.05, 3.63) is 36.4 Å². The molecule has 0 amide bonds. The molecule has 4 nitrogen and oxygen atoms in total. The minimum atomic E-state index is -0.0684. The molecule has 0 saturated carbocycles. The van der Waals surface area contributed by atoms with Crippen molar-refractivity contribution in [2.24, 2.45) is 0 Å². The maximum absolute atomic E-state index is 9.12. The number of aromatic nitrogens is 1. The Morgan fingerprint density at radius 1 is 1.40 bits per heavy atom. The first-order valence-electron chi connectivity index (χ1n) is 4.19. The Morgan fingerprint density at radius 2 is 2.20 bits per heavy atom. The van der Waals surface area contributed by atoms with Gasteiger partial charge in [-0.05, 0) is 23.8 Å². The molecular formula is C10H10AcN2O2. The monoisotopic (exact) mass is 417 g/mol. The van der Waals surface area contributed by atoms with Gasteiger partial charge in [0, 0.05) is 55.3 Å². The Morgan fingerprint density at radius 3 is 2.80 bits per heavy atom. The first kappa shape index (κ1) is 12.7. The summed E-state index contributed by atoms with van der Waals surface area (Å²) in [5, 5.41) is 9.12. The number of rotatable bonds is 2. The van der Waals surface area contributed by atoms with Crippen LogP contribution in [0.4, 0.5) is 5.69 Å². The minimum Gasteiger partial charge on any atom is -0.444 e. The van der Waals surface area contributed by atoms with Gasteiger partial charge in [-0.2, -0.15) is 0 Å². The van der Waals surface area contributed by atoms with Gasteiger partial charge in [0.05, 0.1) is 12.8 Å². The topological polar surface area (TPSA) is 72.3 Å². The molecule has 2 rings (SSSR count). The molecule has 0 unspecified atom stereocenters. The molecule has 0 spiro atoms. The van der Waals surface area contributed by atoms with E-state index < -0.39 is 0 Å². The van der Waals surface area contributed by atoms with Crippen LogP contribution in [0.3, 0.4) is 0 Å². The number of benzene rings is 1. The molecule has 3 N–H and O–H groups in total. The van der Waals surface area contributed by atoms with E-state index in [0.717, 1.165) is 11.1 Å². The first-order valence-corrected chi connectivity index (χ1v) is 4.19. The van der Waals surface area contributed by atoms with Gasteiger partial charge in [0.15, 0.2) is 12.2 Å². The molecule has 5 heteroatoms. The quantitative estimate of drug-likeness (QED) is 0.726. The maximum Gasteiger partial charge on any atom is 0.181 e. The van der Waals surface area contributed by atoms with Crippen LogP contribution < -0.4 is 5.73 Å². The van der Waals surface area contributed by atoms with Gasteiger partial charge >= 0.3 is 0 Å². The number of nitrogen functional groups attached to an aromatic ring is 1. The van der Waals surface area contributed by atoms with E-state index in [1.807, 2.05) is 0 Å². The summed E-state index contributed by atoms with van der Waals surface area (Å²) >= 11 is 0. The molecule has 1 heterocycles. The average molecular weight is 417 g/mol. The van der Waals surface area contributed by atoms with Crippen molar-refractivity contribution in [3.63, 3.8) is 0 Å². The number of nitrogens with two attached hydrogens (primary N) is 1. The molecule has 15 heavy (non-hydrogen) atoms. The van der Waals surface area contributed by atoms with E-state index >= 15 is 0 Å². The van der Waals surface area contributed by atoms with Gasteiger partial charge in [-0.15, -0.1) is 0 Å². The molecule has 0 fully saturated rings. The molecule has 0 aliphatic carbocycles. The van der Waals surface area contributed by atoms with Crippen molar-refractivity contribution in [2.75, 3.05) is 5.73 Å². The summed E-state index contributed by atoms with van der Waals surface area (Å²) in [5.41, 5.74) is 7.78. The predicted molar refractivity (Wildman–Crippen MR) is 52.3 cm³/mol. The van der Waals surface area contributed by atoms with Crippen LogP contribution in [-0.2, 0) is 6.61 Å². The van der Waals surface area contributed by atoms with Gasteiger partial charge in [0.2, 0.25) is 0 Å². The molecule has 1 radical (unpaired) electrons. The van der Waals surface area contributed by atoms with Gasteiger partial charge in [0.1, 0.15) is 0 Å². The largest absolute Gasteiger partial charge is 0.444 e. The van der Waals surface area contributed by atoms with E-state index in [1.165, 1.54) is 6.39 Å². The summed E-state index contributed by atoms with van der Waals surface area (Å²) in [4.78, 5) is 3.82. The van der Waals surface area contributed by atoms with Gasteiger partial charge in [-0.3, -0.25) is 0 Å². The summed E-state index contributed by atoms with van der Waals surface area (Å²) < 4.78 is 5.14. The zero-order chi connectivity index (χ0) is 9.97. The second-order valence-corrected chi connectivity index (χ2v) is 2.94. The molecule has 0 aliphatic heterocycles. The predicted octanol–water partition coefficient (Wildman–Crippen LogP) is 1.42. The fourth-order valence-electron chi connectivity index (χ4n) is 1.33. The van der Waals surface area contributed by atoms with Crippen LogP contribution >= 0.6 is 0 Å². The van der Waals surface area contributed by atoms with Gasteiger partial charge in [-0.1, -0.05) is 0 Å². The normalized spacial score (nSPS) is 9.67. The first-order chi connectivity index (χ1) is 6.81. The van der Waals surface area contributed by atoms with Crippen LogP contribution in [0.15, 0.2) is 35.2 Å². The average Bonchev–Trinajstić information content (AvgIpc) is 2.70. The van der Waals surface area contributed by atoms with Crippen LogP contribution in [0.25, 0.3) is 11.3 Å². The summed E-state index contributed by atoms with van der Waals surface area (Å²) in [6.07, 6.45) is 2.96. The fraction of sp³-hybridized carbons (Fsp3) is 0.100. The third kappa shape index (κ3) is 2.81. The molecular weight excluding hydrogens is 407 g/mol. The molecule has 0 aliphatic rings. The van der Waals surface area contributed by atoms with E-state index in [2.05, 4.69) is 4.98 Å². The molecule has 0 saturated heterocycles. The number of hydrogen-bond acceptors (Lipinski definition) is 4. The van der Waals surface area contributed by atoms with E-state index in [0.29, 0.717) is 11.4 Å². The van der Waals surface area contributed by atoms with E-state index in [1.54, 1.807) is 24.4 Å². The summed E-state index contributed by atoms with van der Waals surface area (Å²) in [6.45, 7) is -0.0684. The second-order valence-electron chi connectivity index (χ2n) is 2.94. The van der Waals surface area contributed by atoms with Crippen molar-refractivity contribution < 1.29 is 53.6 Å². The van der Waals surface area contributed by atoms with Gasteiger partial charge < -0.3 is 15.3 Å². The van der Waals surface area contributed by atoms with E-state index in [4.69, 9.17) is 15.3 Å². The summed E-state index contributed by atoms with van der Waals surface area (Å²) in [5.74, 6) is 0.633. The molecule has 1 aromatic carbocycles. The number of aliphatic hydroxyl groups is 1. The Labute approximate surface area is 123 Å². The van der Waals surface area contributed by atoms with Crippen molar-refractivity contribution in [1.82, 2.24) is 4.98 Å². The van der Waals surface area contributed by atoms with Crippen LogP contribution in [0.2, 0.25) is 0 Å². The number of nitrogens with zero attached hydrogens (tertiary/aromatic N) is 1. The maximum atomic E-state index is 9.12. The van der Waals surface area contributed by atoms with Crippen LogP contribution in [-0.4, -0.2) is 10.1 Å². The van der Waals surface area contributed by atoms with Crippen molar-refractivity contribution in [1.29, 1.82) is 0 Å². The Kier molecular flexibility index (Phi) is 4.78. The van der Waals surface area contributed by atoms with Crippen LogP contribution in [0.1, 0.15) is 5.56 Å². The standard InChI is InChI=1S/C10H10N2O2.Ac/c11-8-1-2-9(7(3-8)5-13)10-4-12-6-14-10;/h1-4,6,13H,5,11H2;. The molecule has 0 atom stereocenters. The van der Waals surface area contributed by atoms with Crippen molar-refractivity contribution in [3.8, 4) is 11.3 Å². The molecule has 75 valence electrons. The third-order valence-corrected chi connectivity index (χ3v) is 2.00. The molecule has 0 bridgehead atoms. The number of anilines is 1. The molecule has 1 aromatic heterocycles. The van der Waals surface area contributed by atoms with Gasteiger partial charge in [0.25, 0.3) is 0 Å². The Hall–Kier alpha value is -0.368. The fourth-order valence-corrected chi connectivity index (χ4v) is 1.33. The zero-order valence-electron chi connectivity index (χ0n) is 8.05. The molecule has 2 aromatic rings. The van der Waals surface area contributed by atoms with Crippen LogP contribution in [0.5, 0.6) is 0 Å². The van der Waals surface area contributed by atoms with Gasteiger partial charge in [-0.25, -0.2) is 4.98 Å². The van der Waals surface area contributed by atoms with E-state index in [9.17, 15) is 0 Å². The van der Waals surface area contributed by atoms with Crippen molar-refractivity contribution in [2.45, 2.75) is 6.61 Å². The smallest absolute Gasteiger partial charge is 0.181 e. The minimum absolute atomic E-state index is 0. The third-order valence-electron chi connectivity index (χ3n) is 2.00. The Balaban J connectivity index is 0.00000112. The van der Waals surface area contributed by atoms with E-state index in [-0.39, 0.29) is 50.7 Å². The van der Waals surface area contributed by atoms with Crippen LogP contribution in [0, 0.1) is 44.1 Å². The number of hydrogen-bond donors (Lipinski definition) is 2. The number of aliphatic hydroxyl groups excluding tert-OH is 1. The van der Waals surface area contributed by atoms with Crippen molar-refractivity contribution >= 4 is 5.69 Å². The zero-order valence-corrected chi connectivity index (χ0v) is 12.8. The summed E-state index contributed by atoms with van der Waals surface area (Å²) in [7, 11) is 0. The SMILES string of the molecule is Nc1ccc(-c2cnco2)c(CO)c1.[Ac]. The summed E-state index contributed by atoms with van der Waals surface area (Å²) in [6, 6.07) is 5.29.